The number of likely N-dealkylation sites (N-methyl/N-ethyl adjacent to an activating group) is 1. The van der Waals surface area contributed by atoms with E-state index in [1.54, 1.807) is 0 Å². The Balaban J connectivity index is 1.69. The summed E-state index contributed by atoms with van der Waals surface area (Å²) in [6.07, 6.45) is 2.87. The molecular weight excluding hydrogens is 272 g/mol. The molecule has 116 valence electrons. The van der Waals surface area contributed by atoms with Gasteiger partial charge in [0.1, 0.15) is 0 Å². The molecule has 0 bridgehead atoms. The minimum absolute atomic E-state index is 0.253. The zero-order chi connectivity index (χ0) is 14.4. The maximum Gasteiger partial charge on any atom is 0.191 e. The highest BCUT2D eigenvalue weighted by Gasteiger charge is 2.29. The number of nitrogens with zero attached hydrogens (tertiary/aromatic N) is 2. The molecule has 2 aliphatic rings. The smallest absolute Gasteiger partial charge is 0.191 e. The average molecular weight is 300 g/mol. The van der Waals surface area contributed by atoms with Gasteiger partial charge in [0, 0.05) is 38.0 Å². The van der Waals surface area contributed by atoms with E-state index < -0.39 is 0 Å². The van der Waals surface area contributed by atoms with Crippen molar-refractivity contribution in [2.24, 2.45) is 4.99 Å². The summed E-state index contributed by atoms with van der Waals surface area (Å²) in [6, 6.07) is 0. The van der Waals surface area contributed by atoms with E-state index in [0.29, 0.717) is 4.75 Å². The molecule has 5 nitrogen and oxygen atoms in total. The van der Waals surface area contributed by atoms with Gasteiger partial charge < -0.3 is 20.3 Å². The van der Waals surface area contributed by atoms with E-state index in [2.05, 4.69) is 46.3 Å². The molecule has 0 aliphatic carbocycles. The number of morpholine rings is 1. The van der Waals surface area contributed by atoms with Crippen molar-refractivity contribution in [3.63, 3.8) is 0 Å². The molecule has 2 rings (SSSR count). The second-order valence-electron chi connectivity index (χ2n) is 5.96. The lowest BCUT2D eigenvalue weighted by Crippen LogP contribution is -2.49. The van der Waals surface area contributed by atoms with Gasteiger partial charge in [-0.05, 0) is 32.6 Å². The van der Waals surface area contributed by atoms with E-state index in [0.717, 1.165) is 38.7 Å². The van der Waals surface area contributed by atoms with Crippen LogP contribution < -0.4 is 10.6 Å². The number of aliphatic imine (C=N–C) groups is 1. The average Bonchev–Trinajstić information content (AvgIpc) is 2.86. The molecule has 0 amide bonds. The molecule has 2 aliphatic heterocycles. The number of thioether (sulfide) groups is 1. The van der Waals surface area contributed by atoms with Crippen molar-refractivity contribution >= 4 is 17.7 Å². The van der Waals surface area contributed by atoms with Gasteiger partial charge in [0.25, 0.3) is 0 Å². The summed E-state index contributed by atoms with van der Waals surface area (Å²) in [4.78, 5) is 6.61. The Morgan fingerprint density at radius 2 is 2.35 bits per heavy atom. The van der Waals surface area contributed by atoms with Crippen LogP contribution in [0.15, 0.2) is 4.99 Å². The summed E-state index contributed by atoms with van der Waals surface area (Å²) in [6.45, 7) is 6.96. The highest BCUT2D eigenvalue weighted by atomic mass is 32.2. The Hall–Kier alpha value is -0.460. The first-order valence-corrected chi connectivity index (χ1v) is 8.48. The molecule has 0 spiro atoms. The van der Waals surface area contributed by atoms with Crippen molar-refractivity contribution in [3.8, 4) is 0 Å². The molecule has 0 radical (unpaired) electrons. The normalized spacial score (nSPS) is 32.4. The second kappa shape index (κ2) is 7.52. The fraction of sp³-hybridized carbons (Fsp3) is 0.929. The quantitative estimate of drug-likeness (QED) is 0.593. The van der Waals surface area contributed by atoms with Crippen LogP contribution in [0.2, 0.25) is 0 Å². The minimum atomic E-state index is 0.253. The summed E-state index contributed by atoms with van der Waals surface area (Å²) >= 11 is 2.07. The Bertz CT molecular complexity index is 331. The molecule has 2 atom stereocenters. The Morgan fingerprint density at radius 3 is 3.00 bits per heavy atom. The molecule has 20 heavy (non-hydrogen) atoms. The summed E-state index contributed by atoms with van der Waals surface area (Å²) in [5.41, 5.74) is 0. The number of hydrogen-bond donors (Lipinski definition) is 2. The molecule has 0 aromatic rings. The van der Waals surface area contributed by atoms with Gasteiger partial charge in [0.2, 0.25) is 0 Å². The fourth-order valence-electron chi connectivity index (χ4n) is 2.67. The summed E-state index contributed by atoms with van der Waals surface area (Å²) in [5, 5.41) is 6.83. The van der Waals surface area contributed by atoms with Crippen LogP contribution in [0.4, 0.5) is 0 Å². The highest BCUT2D eigenvalue weighted by Crippen LogP contribution is 2.36. The molecular formula is C14H28N4OS. The Kier molecular flexibility index (Phi) is 5.99. The number of hydrogen-bond acceptors (Lipinski definition) is 4. The first-order valence-electron chi connectivity index (χ1n) is 7.50. The van der Waals surface area contributed by atoms with E-state index in [-0.39, 0.29) is 6.10 Å². The van der Waals surface area contributed by atoms with Gasteiger partial charge in [-0.1, -0.05) is 0 Å². The fourth-order valence-corrected chi connectivity index (χ4v) is 3.91. The second-order valence-corrected chi connectivity index (χ2v) is 7.65. The molecule has 2 N–H and O–H groups in total. The van der Waals surface area contributed by atoms with Crippen molar-refractivity contribution in [2.75, 3.05) is 52.6 Å². The monoisotopic (exact) mass is 300 g/mol. The third-order valence-electron chi connectivity index (χ3n) is 3.99. The van der Waals surface area contributed by atoms with Gasteiger partial charge in [-0.3, -0.25) is 4.99 Å². The predicted octanol–water partition coefficient (Wildman–Crippen LogP) is 0.768. The number of ether oxygens (including phenoxy) is 1. The molecule has 2 fully saturated rings. The van der Waals surface area contributed by atoms with Crippen LogP contribution in [0.1, 0.15) is 19.8 Å². The zero-order valence-corrected chi connectivity index (χ0v) is 13.8. The molecule has 0 aromatic heterocycles. The van der Waals surface area contributed by atoms with E-state index in [4.69, 9.17) is 4.74 Å². The van der Waals surface area contributed by atoms with Crippen molar-refractivity contribution < 1.29 is 4.74 Å². The molecule has 2 heterocycles. The van der Waals surface area contributed by atoms with Crippen molar-refractivity contribution in [1.82, 2.24) is 15.5 Å². The molecule has 0 saturated carbocycles. The van der Waals surface area contributed by atoms with Crippen LogP contribution in [0.5, 0.6) is 0 Å². The molecule has 0 aromatic carbocycles. The van der Waals surface area contributed by atoms with E-state index in [1.807, 2.05) is 7.05 Å². The van der Waals surface area contributed by atoms with E-state index in [9.17, 15) is 0 Å². The lowest BCUT2D eigenvalue weighted by molar-refractivity contribution is -0.0161. The van der Waals surface area contributed by atoms with Crippen LogP contribution >= 0.6 is 11.8 Å². The van der Waals surface area contributed by atoms with Crippen LogP contribution in [0, 0.1) is 0 Å². The maximum absolute atomic E-state index is 5.75. The Labute approximate surface area is 126 Å². The largest absolute Gasteiger partial charge is 0.374 e. The van der Waals surface area contributed by atoms with Gasteiger partial charge >= 0.3 is 0 Å². The third kappa shape index (κ3) is 4.82. The topological polar surface area (TPSA) is 48.9 Å². The van der Waals surface area contributed by atoms with Crippen LogP contribution in [-0.4, -0.2) is 74.3 Å². The molecule has 6 heteroatoms. The van der Waals surface area contributed by atoms with Crippen molar-refractivity contribution in [2.45, 2.75) is 30.6 Å². The maximum atomic E-state index is 5.75. The molecule has 2 unspecified atom stereocenters. The van der Waals surface area contributed by atoms with E-state index in [1.165, 1.54) is 18.6 Å². The highest BCUT2D eigenvalue weighted by molar-refractivity contribution is 8.00. The lowest BCUT2D eigenvalue weighted by Gasteiger charge is -2.31. The summed E-state index contributed by atoms with van der Waals surface area (Å²) in [5.74, 6) is 2.17. The van der Waals surface area contributed by atoms with Gasteiger partial charge in [0.15, 0.2) is 5.96 Å². The van der Waals surface area contributed by atoms with Crippen molar-refractivity contribution in [3.05, 3.63) is 0 Å². The third-order valence-corrected chi connectivity index (χ3v) is 5.53. The first-order chi connectivity index (χ1) is 9.61. The Morgan fingerprint density at radius 1 is 1.50 bits per heavy atom. The lowest BCUT2D eigenvalue weighted by atomic mass is 10.1. The van der Waals surface area contributed by atoms with Gasteiger partial charge in [-0.25, -0.2) is 0 Å². The van der Waals surface area contributed by atoms with Crippen molar-refractivity contribution in [1.29, 1.82) is 0 Å². The number of guanidine groups is 1. The van der Waals surface area contributed by atoms with Gasteiger partial charge in [-0.2, -0.15) is 11.8 Å². The predicted molar refractivity (Wildman–Crippen MR) is 86.7 cm³/mol. The zero-order valence-electron chi connectivity index (χ0n) is 12.9. The van der Waals surface area contributed by atoms with Crippen LogP contribution in [-0.2, 0) is 4.74 Å². The van der Waals surface area contributed by atoms with Gasteiger partial charge in [0.05, 0.1) is 12.7 Å². The molecule has 2 saturated heterocycles. The van der Waals surface area contributed by atoms with Gasteiger partial charge in [-0.15, -0.1) is 0 Å². The SMILES string of the molecule is CN=C(NCC1CN(C)CCO1)NCC1(C)CCCS1. The standard InChI is InChI=1S/C14H28N4OS/c1-14(5-4-8-20-14)11-17-13(15-2)16-9-12-10-18(3)6-7-19-12/h12H,4-11H2,1-3H3,(H2,15,16,17). The summed E-state index contributed by atoms with van der Waals surface area (Å²) in [7, 11) is 3.97. The first kappa shape index (κ1) is 15.9. The minimum Gasteiger partial charge on any atom is -0.374 e. The number of nitrogens with one attached hydrogen (secondary N) is 2. The summed E-state index contributed by atoms with van der Waals surface area (Å²) < 4.78 is 6.11. The van der Waals surface area contributed by atoms with Crippen LogP contribution in [0.25, 0.3) is 0 Å². The van der Waals surface area contributed by atoms with E-state index >= 15 is 0 Å². The van der Waals surface area contributed by atoms with Crippen LogP contribution in [0.3, 0.4) is 0 Å². The number of rotatable bonds is 4.